The number of anilines is 2. The number of rotatable bonds is 15. The third-order valence-electron chi connectivity index (χ3n) is 6.94. The van der Waals surface area contributed by atoms with Crippen LogP contribution in [0.15, 0.2) is 35.2 Å². The second-order valence-corrected chi connectivity index (χ2v) is 14.1. The summed E-state index contributed by atoms with van der Waals surface area (Å²) in [5.74, 6) is 10.2. The van der Waals surface area contributed by atoms with Gasteiger partial charge < -0.3 is 39.7 Å². The van der Waals surface area contributed by atoms with Gasteiger partial charge in [0.2, 0.25) is 5.89 Å². The molecule has 0 aromatic carbocycles. The van der Waals surface area contributed by atoms with E-state index in [-0.39, 0.29) is 36.1 Å². The van der Waals surface area contributed by atoms with Crippen LogP contribution in [-0.4, -0.2) is 94.5 Å². The number of nitrogens with zero attached hydrogens (tertiary/aromatic N) is 5. The molecule has 1 saturated carbocycles. The van der Waals surface area contributed by atoms with Crippen molar-refractivity contribution in [3.8, 4) is 35.1 Å². The molecule has 1 fully saturated rings. The summed E-state index contributed by atoms with van der Waals surface area (Å²) in [7, 11) is 0. The fourth-order valence-corrected chi connectivity index (χ4v) is 4.44. The number of nitrogens with two attached hydrogens (primary N) is 1. The first-order valence-corrected chi connectivity index (χ1v) is 17.3. The average molecular weight is 747 g/mol. The highest BCUT2D eigenvalue weighted by Gasteiger charge is 2.31. The molecule has 3 aromatic heterocycles. The first-order chi connectivity index (χ1) is 25.6. The van der Waals surface area contributed by atoms with Gasteiger partial charge in [0.25, 0.3) is 11.8 Å². The van der Waals surface area contributed by atoms with Gasteiger partial charge in [-0.25, -0.2) is 19.6 Å². The molecule has 3 heterocycles. The molecule has 4 N–H and O–H groups in total. The molecular formula is C37H46N8O9. The lowest BCUT2D eigenvalue weighted by molar-refractivity contribution is 0.0442. The molecule has 288 valence electrons. The summed E-state index contributed by atoms with van der Waals surface area (Å²) < 4.78 is 28.4. The van der Waals surface area contributed by atoms with Gasteiger partial charge in [-0.05, 0) is 84.3 Å². The molecule has 17 nitrogen and oxygen atoms in total. The van der Waals surface area contributed by atoms with Gasteiger partial charge in [-0.2, -0.15) is 5.10 Å². The van der Waals surface area contributed by atoms with E-state index in [1.54, 1.807) is 53.7 Å². The van der Waals surface area contributed by atoms with E-state index >= 15 is 0 Å². The fourth-order valence-electron chi connectivity index (χ4n) is 4.44. The molecule has 4 amide bonds. The highest BCUT2D eigenvalue weighted by Crippen LogP contribution is 2.33. The van der Waals surface area contributed by atoms with Crippen molar-refractivity contribution in [2.24, 2.45) is 11.7 Å². The Hall–Kier alpha value is -5.91. The van der Waals surface area contributed by atoms with E-state index in [1.807, 2.05) is 0 Å². The number of aromatic nitrogens is 4. The van der Waals surface area contributed by atoms with Crippen molar-refractivity contribution >= 4 is 35.5 Å². The van der Waals surface area contributed by atoms with E-state index in [9.17, 15) is 19.2 Å². The summed E-state index contributed by atoms with van der Waals surface area (Å²) in [6, 6.07) is 3.28. The Bertz CT molecular complexity index is 1910. The molecule has 0 bridgehead atoms. The first kappa shape index (κ1) is 40.9. The van der Waals surface area contributed by atoms with Crippen LogP contribution in [0.2, 0.25) is 0 Å². The summed E-state index contributed by atoms with van der Waals surface area (Å²) in [6.07, 6.45) is 5.12. The topological polar surface area (TPSA) is 215 Å². The summed E-state index contributed by atoms with van der Waals surface area (Å²) >= 11 is 0. The fraction of sp³-hybridized carbons (Fsp3) is 0.486. The predicted molar refractivity (Wildman–Crippen MR) is 196 cm³/mol. The second-order valence-electron chi connectivity index (χ2n) is 14.1. The van der Waals surface area contributed by atoms with E-state index in [0.717, 1.165) is 12.8 Å². The number of nitrogens with one attached hydrogen (secondary N) is 2. The zero-order valence-corrected chi connectivity index (χ0v) is 31.3. The number of ether oxygens (including phenoxy) is 4. The standard InChI is InChI=1S/C37H46N8O9/c1-36(2,3)53-34(48)40-15-18-51-20-19-50-17-10-8-7-9-16-44-23-27(30(43-44)31(38)46)41-32(47)28-24-52-33(42-28)26-13-14-39-29(21-26)45(22-25-11-12-25)35(49)54-37(4,5)6/h13-14,21,23-25H,11-12,15-20,22H2,1-6H3,(H2,38,46)(H,40,48)(H,41,47). The van der Waals surface area contributed by atoms with Crippen molar-refractivity contribution in [2.75, 3.05) is 49.7 Å². The Morgan fingerprint density at radius 2 is 1.74 bits per heavy atom. The number of carbonyl (C=O) groups is 4. The SMILES string of the molecule is CC(C)(C)OC(=O)NCCOCCOCC#CC#CCn1cc(NC(=O)c2coc(-c3ccnc(N(CC4CC4)C(=O)OC(C)(C)C)c3)n2)c(C(N)=O)n1. The van der Waals surface area contributed by atoms with E-state index in [1.165, 1.54) is 28.2 Å². The average Bonchev–Trinajstić information content (AvgIpc) is 3.60. The molecule has 3 aromatic rings. The van der Waals surface area contributed by atoms with Gasteiger partial charge in [0.15, 0.2) is 11.4 Å². The van der Waals surface area contributed by atoms with Crippen molar-refractivity contribution < 1.29 is 42.5 Å². The maximum Gasteiger partial charge on any atom is 0.416 e. The lowest BCUT2D eigenvalue weighted by Crippen LogP contribution is -2.38. The zero-order chi connectivity index (χ0) is 39.3. The van der Waals surface area contributed by atoms with Crippen LogP contribution in [0.5, 0.6) is 0 Å². The van der Waals surface area contributed by atoms with Crippen molar-refractivity contribution in [2.45, 2.75) is 72.1 Å². The first-order valence-electron chi connectivity index (χ1n) is 17.3. The van der Waals surface area contributed by atoms with Crippen LogP contribution in [-0.2, 0) is 25.5 Å². The monoisotopic (exact) mass is 746 g/mol. The zero-order valence-electron chi connectivity index (χ0n) is 31.3. The van der Waals surface area contributed by atoms with Gasteiger partial charge in [-0.15, -0.1) is 0 Å². The minimum atomic E-state index is -0.858. The largest absolute Gasteiger partial charge is 0.444 e. The Balaban J connectivity index is 1.26. The van der Waals surface area contributed by atoms with Gasteiger partial charge in [-0.3, -0.25) is 19.2 Å². The molecule has 54 heavy (non-hydrogen) atoms. The Morgan fingerprint density at radius 3 is 2.44 bits per heavy atom. The van der Waals surface area contributed by atoms with Crippen LogP contribution in [0.3, 0.4) is 0 Å². The summed E-state index contributed by atoms with van der Waals surface area (Å²) in [4.78, 5) is 60.0. The number of pyridine rings is 1. The quantitative estimate of drug-likeness (QED) is 0.149. The van der Waals surface area contributed by atoms with Crippen LogP contribution < -0.4 is 21.3 Å². The number of alkyl carbamates (subject to hydrolysis) is 1. The van der Waals surface area contributed by atoms with Gasteiger partial charge in [-0.1, -0.05) is 11.8 Å². The number of primary amides is 1. The van der Waals surface area contributed by atoms with E-state index in [2.05, 4.69) is 49.4 Å². The van der Waals surface area contributed by atoms with E-state index in [4.69, 9.17) is 29.1 Å². The number of carbonyl (C=O) groups excluding carboxylic acids is 4. The van der Waals surface area contributed by atoms with Gasteiger partial charge >= 0.3 is 12.2 Å². The van der Waals surface area contributed by atoms with E-state index in [0.29, 0.717) is 50.2 Å². The minimum Gasteiger partial charge on any atom is -0.444 e. The Labute approximate surface area is 313 Å². The molecule has 17 heteroatoms. The Morgan fingerprint density at radius 1 is 1.02 bits per heavy atom. The van der Waals surface area contributed by atoms with Crippen molar-refractivity contribution in [1.82, 2.24) is 25.1 Å². The second kappa shape index (κ2) is 18.7. The van der Waals surface area contributed by atoms with Crippen LogP contribution >= 0.6 is 0 Å². The normalized spacial score (nSPS) is 12.4. The summed E-state index contributed by atoms with van der Waals surface area (Å²) in [5, 5.41) is 9.32. The van der Waals surface area contributed by atoms with Crippen LogP contribution in [0, 0.1) is 29.6 Å². The third kappa shape index (κ3) is 13.9. The third-order valence-corrected chi connectivity index (χ3v) is 6.94. The molecule has 0 radical (unpaired) electrons. The molecule has 0 spiro atoms. The summed E-state index contributed by atoms with van der Waals surface area (Å²) in [5.41, 5.74) is 4.55. The highest BCUT2D eigenvalue weighted by molar-refractivity contribution is 6.07. The molecular weight excluding hydrogens is 700 g/mol. The number of amides is 4. The maximum atomic E-state index is 13.1. The lowest BCUT2D eigenvalue weighted by atomic mass is 10.2. The number of hydrogen-bond acceptors (Lipinski definition) is 12. The van der Waals surface area contributed by atoms with Gasteiger partial charge in [0.05, 0.1) is 31.7 Å². The van der Waals surface area contributed by atoms with Crippen molar-refractivity contribution in [1.29, 1.82) is 0 Å². The number of oxazole rings is 1. The molecule has 0 atom stereocenters. The maximum absolute atomic E-state index is 13.1. The molecule has 0 saturated heterocycles. The van der Waals surface area contributed by atoms with Crippen LogP contribution in [0.4, 0.5) is 21.1 Å². The molecule has 1 aliphatic carbocycles. The lowest BCUT2D eigenvalue weighted by Gasteiger charge is -2.27. The van der Waals surface area contributed by atoms with Crippen LogP contribution in [0.25, 0.3) is 11.5 Å². The smallest absolute Gasteiger partial charge is 0.416 e. The van der Waals surface area contributed by atoms with Gasteiger partial charge in [0, 0.05) is 24.8 Å². The van der Waals surface area contributed by atoms with Crippen molar-refractivity contribution in [3.05, 3.63) is 42.2 Å². The minimum absolute atomic E-state index is 0.0520. The molecule has 1 aliphatic rings. The van der Waals surface area contributed by atoms with Crippen LogP contribution in [0.1, 0.15) is 75.4 Å². The molecule has 0 unspecified atom stereocenters. The van der Waals surface area contributed by atoms with Gasteiger partial charge in [0.1, 0.15) is 36.4 Å². The predicted octanol–water partition coefficient (Wildman–Crippen LogP) is 4.00. The summed E-state index contributed by atoms with van der Waals surface area (Å²) in [6.45, 7) is 12.6. The van der Waals surface area contributed by atoms with E-state index < -0.39 is 35.2 Å². The Kier molecular flexibility index (Phi) is 14.2. The highest BCUT2D eigenvalue weighted by atomic mass is 16.6. The van der Waals surface area contributed by atoms with Crippen molar-refractivity contribution in [3.63, 3.8) is 0 Å². The molecule has 0 aliphatic heterocycles. The number of hydrogen-bond donors (Lipinski definition) is 3. The molecule has 4 rings (SSSR count).